The molecule has 0 radical (unpaired) electrons. The van der Waals surface area contributed by atoms with Crippen molar-refractivity contribution >= 4 is 6.03 Å². The van der Waals surface area contributed by atoms with E-state index in [1.165, 1.54) is 0 Å². The molecule has 22 heavy (non-hydrogen) atoms. The zero-order valence-electron chi connectivity index (χ0n) is 13.0. The third-order valence-corrected chi connectivity index (χ3v) is 3.16. The van der Waals surface area contributed by atoms with Gasteiger partial charge >= 0.3 is 6.03 Å². The first-order chi connectivity index (χ1) is 10.6. The van der Waals surface area contributed by atoms with Gasteiger partial charge < -0.3 is 15.4 Å². The zero-order chi connectivity index (χ0) is 15.8. The quantitative estimate of drug-likeness (QED) is 0.860. The van der Waals surface area contributed by atoms with Crippen molar-refractivity contribution in [1.82, 2.24) is 10.6 Å². The number of carbonyl (C=O) groups is 1. The molecule has 116 valence electrons. The number of aryl methyl sites for hydroxylation is 1. The van der Waals surface area contributed by atoms with Crippen molar-refractivity contribution in [3.05, 3.63) is 65.7 Å². The van der Waals surface area contributed by atoms with E-state index >= 15 is 0 Å². The molecule has 0 bridgehead atoms. The SMILES string of the molecule is Cc1cccc(OCC(C)NC(=O)NCc2ccccc2)c1. The highest BCUT2D eigenvalue weighted by atomic mass is 16.5. The van der Waals surface area contributed by atoms with Crippen molar-refractivity contribution in [2.75, 3.05) is 6.61 Å². The average Bonchev–Trinajstić information content (AvgIpc) is 2.52. The second kappa shape index (κ2) is 8.08. The van der Waals surface area contributed by atoms with E-state index in [1.54, 1.807) is 0 Å². The summed E-state index contributed by atoms with van der Waals surface area (Å²) in [5, 5.41) is 5.69. The number of benzene rings is 2. The maximum Gasteiger partial charge on any atom is 0.315 e. The van der Waals surface area contributed by atoms with Gasteiger partial charge in [-0.2, -0.15) is 0 Å². The highest BCUT2D eigenvalue weighted by Gasteiger charge is 2.07. The van der Waals surface area contributed by atoms with Gasteiger partial charge in [0, 0.05) is 6.54 Å². The molecule has 0 saturated carbocycles. The molecule has 0 fully saturated rings. The van der Waals surface area contributed by atoms with Gasteiger partial charge in [0.2, 0.25) is 0 Å². The Morgan fingerprint density at radius 1 is 1.14 bits per heavy atom. The topological polar surface area (TPSA) is 50.4 Å². The zero-order valence-corrected chi connectivity index (χ0v) is 13.0. The predicted octanol–water partition coefficient (Wildman–Crippen LogP) is 3.26. The smallest absolute Gasteiger partial charge is 0.315 e. The number of hydrogen-bond donors (Lipinski definition) is 2. The molecule has 0 aliphatic carbocycles. The lowest BCUT2D eigenvalue weighted by Gasteiger charge is -2.16. The summed E-state index contributed by atoms with van der Waals surface area (Å²) >= 11 is 0. The van der Waals surface area contributed by atoms with Crippen molar-refractivity contribution in [1.29, 1.82) is 0 Å². The molecular formula is C18H22N2O2. The summed E-state index contributed by atoms with van der Waals surface area (Å²) in [6.45, 7) is 4.88. The van der Waals surface area contributed by atoms with Crippen LogP contribution in [0.4, 0.5) is 4.79 Å². The van der Waals surface area contributed by atoms with Crippen LogP contribution in [0.5, 0.6) is 5.75 Å². The molecule has 2 rings (SSSR count). The van der Waals surface area contributed by atoms with Crippen LogP contribution >= 0.6 is 0 Å². The van der Waals surface area contributed by atoms with E-state index in [1.807, 2.05) is 68.4 Å². The van der Waals surface area contributed by atoms with E-state index < -0.39 is 0 Å². The van der Waals surface area contributed by atoms with E-state index in [2.05, 4.69) is 10.6 Å². The van der Waals surface area contributed by atoms with Gasteiger partial charge in [0.05, 0.1) is 6.04 Å². The number of carbonyl (C=O) groups excluding carboxylic acids is 1. The van der Waals surface area contributed by atoms with Crippen molar-refractivity contribution in [3.8, 4) is 5.75 Å². The number of urea groups is 1. The van der Waals surface area contributed by atoms with Crippen molar-refractivity contribution in [3.63, 3.8) is 0 Å². The van der Waals surface area contributed by atoms with Crippen LogP contribution in [-0.4, -0.2) is 18.7 Å². The molecule has 0 aliphatic rings. The van der Waals surface area contributed by atoms with Gasteiger partial charge in [-0.05, 0) is 37.1 Å². The number of hydrogen-bond acceptors (Lipinski definition) is 2. The van der Waals surface area contributed by atoms with Gasteiger partial charge in [0.1, 0.15) is 12.4 Å². The van der Waals surface area contributed by atoms with Crippen LogP contribution in [0.1, 0.15) is 18.1 Å². The first kappa shape index (κ1) is 15.9. The van der Waals surface area contributed by atoms with Crippen LogP contribution < -0.4 is 15.4 Å². The van der Waals surface area contributed by atoms with Crippen LogP contribution in [0.2, 0.25) is 0 Å². The van der Waals surface area contributed by atoms with E-state index in [-0.39, 0.29) is 12.1 Å². The largest absolute Gasteiger partial charge is 0.491 e. The predicted molar refractivity (Wildman–Crippen MR) is 87.9 cm³/mol. The Morgan fingerprint density at radius 2 is 1.91 bits per heavy atom. The average molecular weight is 298 g/mol. The molecule has 4 heteroatoms. The van der Waals surface area contributed by atoms with Gasteiger partial charge in [0.15, 0.2) is 0 Å². The molecule has 2 aromatic rings. The summed E-state index contributed by atoms with van der Waals surface area (Å²) in [4.78, 5) is 11.8. The van der Waals surface area contributed by atoms with Crippen LogP contribution in [-0.2, 0) is 6.54 Å². The molecule has 0 aliphatic heterocycles. The van der Waals surface area contributed by atoms with Gasteiger partial charge in [-0.1, -0.05) is 42.5 Å². The first-order valence-corrected chi connectivity index (χ1v) is 7.41. The molecule has 4 nitrogen and oxygen atoms in total. The van der Waals surface area contributed by atoms with Gasteiger partial charge in [-0.3, -0.25) is 0 Å². The molecule has 2 aromatic carbocycles. The summed E-state index contributed by atoms with van der Waals surface area (Å²) in [6.07, 6.45) is 0. The molecule has 0 heterocycles. The van der Waals surface area contributed by atoms with Gasteiger partial charge in [-0.15, -0.1) is 0 Å². The minimum Gasteiger partial charge on any atom is -0.491 e. The van der Waals surface area contributed by atoms with Crippen LogP contribution in [0.3, 0.4) is 0 Å². The van der Waals surface area contributed by atoms with E-state index in [9.17, 15) is 4.79 Å². The summed E-state index contributed by atoms with van der Waals surface area (Å²) in [6, 6.07) is 17.4. The van der Waals surface area contributed by atoms with E-state index in [0.717, 1.165) is 16.9 Å². The fourth-order valence-corrected chi connectivity index (χ4v) is 2.02. The van der Waals surface area contributed by atoms with E-state index in [4.69, 9.17) is 4.74 Å². The molecule has 2 amide bonds. The molecular weight excluding hydrogens is 276 g/mol. The number of nitrogens with one attached hydrogen (secondary N) is 2. The first-order valence-electron chi connectivity index (χ1n) is 7.41. The minimum atomic E-state index is -0.191. The van der Waals surface area contributed by atoms with Crippen LogP contribution in [0.15, 0.2) is 54.6 Å². The highest BCUT2D eigenvalue weighted by molar-refractivity contribution is 5.74. The third kappa shape index (κ3) is 5.48. The summed E-state index contributed by atoms with van der Waals surface area (Å²) in [5.41, 5.74) is 2.22. The lowest BCUT2D eigenvalue weighted by molar-refractivity contribution is 0.226. The van der Waals surface area contributed by atoms with Crippen molar-refractivity contribution in [2.24, 2.45) is 0 Å². The Morgan fingerprint density at radius 3 is 2.64 bits per heavy atom. The second-order valence-corrected chi connectivity index (χ2v) is 5.34. The maximum atomic E-state index is 11.8. The number of ether oxygens (including phenoxy) is 1. The fourth-order valence-electron chi connectivity index (χ4n) is 2.02. The molecule has 1 unspecified atom stereocenters. The maximum absolute atomic E-state index is 11.8. The van der Waals surface area contributed by atoms with Crippen LogP contribution in [0, 0.1) is 6.92 Å². The summed E-state index contributed by atoms with van der Waals surface area (Å²) in [7, 11) is 0. The molecule has 0 saturated heterocycles. The lowest BCUT2D eigenvalue weighted by atomic mass is 10.2. The molecule has 0 spiro atoms. The molecule has 0 aromatic heterocycles. The Hall–Kier alpha value is -2.49. The van der Waals surface area contributed by atoms with Gasteiger partial charge in [0.25, 0.3) is 0 Å². The number of rotatable bonds is 6. The van der Waals surface area contributed by atoms with E-state index in [0.29, 0.717) is 13.2 Å². The van der Waals surface area contributed by atoms with Gasteiger partial charge in [-0.25, -0.2) is 4.79 Å². The summed E-state index contributed by atoms with van der Waals surface area (Å²) < 4.78 is 5.67. The Labute approximate surface area is 131 Å². The lowest BCUT2D eigenvalue weighted by Crippen LogP contribution is -2.42. The monoisotopic (exact) mass is 298 g/mol. The Balaban J connectivity index is 1.70. The fraction of sp³-hybridized carbons (Fsp3) is 0.278. The Kier molecular flexibility index (Phi) is 5.83. The highest BCUT2D eigenvalue weighted by Crippen LogP contribution is 2.12. The van der Waals surface area contributed by atoms with Crippen molar-refractivity contribution < 1.29 is 9.53 Å². The van der Waals surface area contributed by atoms with Crippen molar-refractivity contribution in [2.45, 2.75) is 26.4 Å². The second-order valence-electron chi connectivity index (χ2n) is 5.34. The summed E-state index contributed by atoms with van der Waals surface area (Å²) in [5.74, 6) is 0.818. The Bertz CT molecular complexity index is 599. The standard InChI is InChI=1S/C18H22N2O2/c1-14-7-6-10-17(11-14)22-13-15(2)20-18(21)19-12-16-8-4-3-5-9-16/h3-11,15H,12-13H2,1-2H3,(H2,19,20,21). The van der Waals surface area contributed by atoms with Crippen LogP contribution in [0.25, 0.3) is 0 Å². The molecule has 1 atom stereocenters. The minimum absolute atomic E-state index is 0.0729. The number of amides is 2. The third-order valence-electron chi connectivity index (χ3n) is 3.16. The normalized spacial score (nSPS) is 11.5. The molecule has 2 N–H and O–H groups in total.